The Bertz CT molecular complexity index is 1060. The van der Waals surface area contributed by atoms with Crippen LogP contribution in [-0.2, 0) is 16.4 Å². The average Bonchev–Trinajstić information content (AvgIpc) is 3.26. The number of phenolic OH excluding ortho intramolecular Hbond substituents is 1. The molecule has 1 saturated heterocycles. The fourth-order valence-electron chi connectivity index (χ4n) is 5.97. The van der Waals surface area contributed by atoms with E-state index in [-0.39, 0.29) is 12.4 Å². The Morgan fingerprint density at radius 2 is 1.65 bits per heavy atom. The van der Waals surface area contributed by atoms with Crippen molar-refractivity contribution in [3.63, 3.8) is 0 Å². The molecule has 34 heavy (non-hydrogen) atoms. The molecule has 0 radical (unpaired) electrons. The summed E-state index contributed by atoms with van der Waals surface area (Å²) >= 11 is 0. The normalized spacial score (nSPS) is 28.5. The molecule has 186 valence electrons. The number of rotatable bonds is 7. The first-order chi connectivity index (χ1) is 16.0. The van der Waals surface area contributed by atoms with E-state index in [0.717, 1.165) is 51.5 Å². The van der Waals surface area contributed by atoms with Crippen LogP contribution < -0.4 is 15.4 Å². The Hall–Kier alpha value is -1.64. The van der Waals surface area contributed by atoms with E-state index in [1.54, 1.807) is 24.3 Å². The number of halogens is 1. The topological polar surface area (TPSA) is 90.5 Å². The van der Waals surface area contributed by atoms with E-state index in [9.17, 15) is 13.5 Å². The smallest absolute Gasteiger partial charge is 0.240 e. The molecule has 3 unspecified atom stereocenters. The molecule has 2 aromatic carbocycles. The summed E-state index contributed by atoms with van der Waals surface area (Å²) in [5.41, 5.74) is 2.71. The molecule has 2 aromatic rings. The third-order valence-electron chi connectivity index (χ3n) is 7.88. The molecule has 0 aromatic heterocycles. The second-order valence-electron chi connectivity index (χ2n) is 10.0. The first-order valence-electron chi connectivity index (χ1n) is 12.3. The van der Waals surface area contributed by atoms with E-state index in [1.165, 1.54) is 11.1 Å². The van der Waals surface area contributed by atoms with Crippen molar-refractivity contribution in [3.05, 3.63) is 59.7 Å². The molecule has 1 aliphatic heterocycles. The van der Waals surface area contributed by atoms with Crippen LogP contribution in [0.4, 0.5) is 0 Å². The summed E-state index contributed by atoms with van der Waals surface area (Å²) in [4.78, 5) is 0.340. The zero-order valence-electron chi connectivity index (χ0n) is 19.4. The van der Waals surface area contributed by atoms with E-state index in [0.29, 0.717) is 47.2 Å². The van der Waals surface area contributed by atoms with Gasteiger partial charge in [-0.2, -0.15) is 0 Å². The summed E-state index contributed by atoms with van der Waals surface area (Å²) in [5, 5.41) is 17.4. The lowest BCUT2D eigenvalue weighted by Crippen LogP contribution is -2.43. The first kappa shape index (κ1) is 25.5. The van der Waals surface area contributed by atoms with Crippen molar-refractivity contribution in [2.24, 2.45) is 11.8 Å². The third-order valence-corrected chi connectivity index (χ3v) is 9.32. The highest BCUT2D eigenvalue weighted by Gasteiger charge is 2.38. The van der Waals surface area contributed by atoms with Gasteiger partial charge in [-0.1, -0.05) is 24.3 Å². The van der Waals surface area contributed by atoms with Crippen LogP contribution in [0.1, 0.15) is 55.6 Å². The van der Waals surface area contributed by atoms with E-state index in [2.05, 4.69) is 21.4 Å². The Balaban J connectivity index is 0.00000274. The molecular weight excluding hydrogens is 470 g/mol. The fourth-order valence-corrected chi connectivity index (χ4v) is 7.11. The monoisotopic (exact) mass is 505 g/mol. The lowest BCUT2D eigenvalue weighted by molar-refractivity contribution is 0.258. The van der Waals surface area contributed by atoms with Crippen molar-refractivity contribution in [1.29, 1.82) is 0 Å². The molecule has 3 atom stereocenters. The molecule has 3 aliphatic rings. The summed E-state index contributed by atoms with van der Waals surface area (Å²) in [6.45, 7) is 1.54. The Morgan fingerprint density at radius 1 is 0.941 bits per heavy atom. The van der Waals surface area contributed by atoms with Crippen molar-refractivity contribution in [2.45, 2.75) is 68.0 Å². The highest BCUT2D eigenvalue weighted by molar-refractivity contribution is 7.89. The van der Waals surface area contributed by atoms with Crippen LogP contribution in [0.3, 0.4) is 0 Å². The van der Waals surface area contributed by atoms with Crippen molar-refractivity contribution in [3.8, 4) is 5.75 Å². The van der Waals surface area contributed by atoms with Crippen molar-refractivity contribution < 1.29 is 13.5 Å². The zero-order valence-corrected chi connectivity index (χ0v) is 21.1. The van der Waals surface area contributed by atoms with Crippen LogP contribution in [0.2, 0.25) is 0 Å². The van der Waals surface area contributed by atoms with Crippen LogP contribution in [-0.4, -0.2) is 38.8 Å². The molecule has 0 bridgehead atoms. The summed E-state index contributed by atoms with van der Waals surface area (Å²) in [6.07, 6.45) is 8.03. The maximum Gasteiger partial charge on any atom is 0.240 e. The summed E-state index contributed by atoms with van der Waals surface area (Å²) in [5.74, 6) is 1.97. The molecule has 6 nitrogen and oxygen atoms in total. The Kier molecular flexibility index (Phi) is 8.20. The molecule has 8 heteroatoms. The van der Waals surface area contributed by atoms with Crippen molar-refractivity contribution in [2.75, 3.05) is 13.1 Å². The average molecular weight is 506 g/mol. The number of benzene rings is 2. The van der Waals surface area contributed by atoms with Crippen LogP contribution in [0, 0.1) is 11.8 Å². The van der Waals surface area contributed by atoms with E-state index < -0.39 is 10.0 Å². The number of hydrogen-bond donors (Lipinski definition) is 4. The molecule has 0 amide bonds. The summed E-state index contributed by atoms with van der Waals surface area (Å²) in [6, 6.07) is 15.0. The molecule has 0 spiro atoms. The second-order valence-corrected chi connectivity index (χ2v) is 11.8. The van der Waals surface area contributed by atoms with Crippen LogP contribution in [0.5, 0.6) is 5.75 Å². The van der Waals surface area contributed by atoms with Crippen LogP contribution in [0.25, 0.3) is 0 Å². The van der Waals surface area contributed by atoms with Gasteiger partial charge in [0.05, 0.1) is 11.1 Å². The minimum absolute atomic E-state index is 0. The van der Waals surface area contributed by atoms with Crippen molar-refractivity contribution >= 4 is 22.4 Å². The summed E-state index contributed by atoms with van der Waals surface area (Å²) < 4.78 is 27.7. The van der Waals surface area contributed by atoms with Gasteiger partial charge in [-0.3, -0.25) is 5.32 Å². The van der Waals surface area contributed by atoms with Gasteiger partial charge in [-0.25, -0.2) is 13.1 Å². The SMILES string of the molecule is Cl.O=S(=O)(NCC1CCC(CNC2CC3c4ccc(O)cc4CCC3N2)CC1)c1ccccc1. The van der Waals surface area contributed by atoms with Gasteiger partial charge in [-0.05, 0) is 98.7 Å². The maximum absolute atomic E-state index is 12.4. The predicted molar refractivity (Wildman–Crippen MR) is 137 cm³/mol. The number of sulfonamides is 1. The Labute approximate surface area is 209 Å². The number of hydrogen-bond acceptors (Lipinski definition) is 5. The third kappa shape index (κ3) is 5.77. The van der Waals surface area contributed by atoms with Gasteiger partial charge in [-0.15, -0.1) is 12.4 Å². The van der Waals surface area contributed by atoms with E-state index in [1.807, 2.05) is 18.2 Å². The maximum atomic E-state index is 12.4. The van der Waals surface area contributed by atoms with Gasteiger partial charge in [0.15, 0.2) is 0 Å². The van der Waals surface area contributed by atoms with Gasteiger partial charge in [0, 0.05) is 18.5 Å². The predicted octanol–water partition coefficient (Wildman–Crippen LogP) is 3.91. The largest absolute Gasteiger partial charge is 0.508 e. The lowest BCUT2D eigenvalue weighted by Gasteiger charge is -2.29. The highest BCUT2D eigenvalue weighted by Crippen LogP contribution is 2.40. The van der Waals surface area contributed by atoms with Crippen molar-refractivity contribution in [1.82, 2.24) is 15.4 Å². The van der Waals surface area contributed by atoms with E-state index >= 15 is 0 Å². The minimum Gasteiger partial charge on any atom is -0.508 e. The number of aryl methyl sites for hydroxylation is 1. The first-order valence-corrected chi connectivity index (χ1v) is 13.8. The van der Waals surface area contributed by atoms with Gasteiger partial charge in [0.2, 0.25) is 10.0 Å². The zero-order chi connectivity index (χ0) is 22.8. The number of nitrogens with one attached hydrogen (secondary N) is 3. The molecule has 2 aliphatic carbocycles. The number of fused-ring (bicyclic) bond motifs is 3. The Morgan fingerprint density at radius 3 is 2.38 bits per heavy atom. The van der Waals surface area contributed by atoms with Crippen LogP contribution in [0.15, 0.2) is 53.4 Å². The summed E-state index contributed by atoms with van der Waals surface area (Å²) in [7, 11) is -3.41. The molecule has 1 saturated carbocycles. The van der Waals surface area contributed by atoms with Crippen LogP contribution >= 0.6 is 12.4 Å². The van der Waals surface area contributed by atoms with Gasteiger partial charge >= 0.3 is 0 Å². The molecule has 4 N–H and O–H groups in total. The highest BCUT2D eigenvalue weighted by atomic mass is 35.5. The second kappa shape index (κ2) is 11.0. The molecule has 2 fully saturated rings. The standard InChI is InChI=1S/C26H35N3O3S.ClH/c30-21-11-12-23-20(14-21)10-13-25-24(23)15-26(29-25)27-16-18-6-8-19(9-7-18)17-28-33(31,32)22-4-2-1-3-5-22;/h1-5,11-12,14,18-19,24-30H,6-10,13,15-17H2;1H. The number of phenols is 1. The number of aromatic hydroxyl groups is 1. The van der Waals surface area contributed by atoms with E-state index in [4.69, 9.17) is 0 Å². The van der Waals surface area contributed by atoms with Gasteiger partial charge < -0.3 is 10.4 Å². The molecular formula is C26H36ClN3O3S. The van der Waals surface area contributed by atoms with Gasteiger partial charge in [0.1, 0.15) is 5.75 Å². The lowest BCUT2D eigenvalue weighted by atomic mass is 9.79. The minimum atomic E-state index is -3.41. The fraction of sp³-hybridized carbons (Fsp3) is 0.538. The quantitative estimate of drug-likeness (QED) is 0.458. The molecule has 5 rings (SSSR count). The van der Waals surface area contributed by atoms with Gasteiger partial charge in [0.25, 0.3) is 0 Å². The molecule has 1 heterocycles.